The van der Waals surface area contributed by atoms with Crippen molar-refractivity contribution >= 4 is 24.0 Å². The van der Waals surface area contributed by atoms with E-state index in [1.54, 1.807) is 11.3 Å². The second kappa shape index (κ2) is 6.96. The van der Waals surface area contributed by atoms with Crippen LogP contribution in [0.25, 0.3) is 0 Å². The Hall–Kier alpha value is -1.00. The number of thiol groups is 1. The number of aryl methyl sites for hydroxylation is 2. The number of hydrogen-bond acceptors (Lipinski definition) is 4. The fourth-order valence-corrected chi connectivity index (χ4v) is 3.18. The van der Waals surface area contributed by atoms with Gasteiger partial charge in [-0.05, 0) is 25.0 Å². The maximum absolute atomic E-state index is 5.84. The first-order valence-electron chi connectivity index (χ1n) is 6.51. The zero-order valence-electron chi connectivity index (χ0n) is 11.3. The first kappa shape index (κ1) is 14.4. The van der Waals surface area contributed by atoms with E-state index in [0.717, 1.165) is 34.9 Å². The molecule has 0 aliphatic rings. The van der Waals surface area contributed by atoms with Crippen LogP contribution in [0.5, 0.6) is 5.75 Å². The molecular weight excluding hydrogens is 274 g/mol. The molecule has 0 spiro atoms. The molecule has 102 valence electrons. The molecule has 1 aromatic heterocycles. The molecule has 19 heavy (non-hydrogen) atoms. The van der Waals surface area contributed by atoms with E-state index in [1.807, 2.05) is 18.2 Å². The van der Waals surface area contributed by atoms with Crippen molar-refractivity contribution in [3.63, 3.8) is 0 Å². The van der Waals surface area contributed by atoms with Crippen molar-refractivity contribution in [2.45, 2.75) is 39.0 Å². The average Bonchev–Trinajstić information content (AvgIpc) is 2.81. The highest BCUT2D eigenvalue weighted by Crippen LogP contribution is 2.24. The van der Waals surface area contributed by atoms with E-state index in [2.05, 4.69) is 37.5 Å². The second-order valence-corrected chi connectivity index (χ2v) is 5.92. The van der Waals surface area contributed by atoms with Crippen molar-refractivity contribution in [3.8, 4) is 5.75 Å². The van der Waals surface area contributed by atoms with E-state index < -0.39 is 0 Å². The number of para-hydroxylation sites is 1. The molecule has 0 aliphatic heterocycles. The van der Waals surface area contributed by atoms with Gasteiger partial charge in [0.1, 0.15) is 17.4 Å². The smallest absolute Gasteiger partial charge is 0.140 e. The minimum atomic E-state index is 0.542. The Labute approximate surface area is 124 Å². The number of ether oxygens (including phenoxy) is 1. The zero-order chi connectivity index (χ0) is 13.7. The van der Waals surface area contributed by atoms with Gasteiger partial charge in [0.2, 0.25) is 0 Å². The van der Waals surface area contributed by atoms with Crippen molar-refractivity contribution in [1.82, 2.24) is 4.98 Å². The molecule has 2 aromatic rings. The molecule has 0 amide bonds. The van der Waals surface area contributed by atoms with Crippen LogP contribution in [0.15, 0.2) is 24.3 Å². The lowest BCUT2D eigenvalue weighted by Gasteiger charge is -2.06. The molecule has 4 heteroatoms. The minimum absolute atomic E-state index is 0.542. The van der Waals surface area contributed by atoms with Crippen LogP contribution < -0.4 is 4.74 Å². The van der Waals surface area contributed by atoms with Crippen LogP contribution in [0.2, 0.25) is 0 Å². The van der Waals surface area contributed by atoms with Crippen molar-refractivity contribution in [1.29, 1.82) is 0 Å². The van der Waals surface area contributed by atoms with Crippen LogP contribution in [0.4, 0.5) is 0 Å². The van der Waals surface area contributed by atoms with Crippen LogP contribution in [-0.4, -0.2) is 4.98 Å². The van der Waals surface area contributed by atoms with E-state index in [0.29, 0.717) is 6.61 Å². The van der Waals surface area contributed by atoms with Gasteiger partial charge in [-0.1, -0.05) is 31.5 Å². The molecule has 0 aliphatic carbocycles. The van der Waals surface area contributed by atoms with Crippen LogP contribution >= 0.6 is 24.0 Å². The number of hydrogen-bond donors (Lipinski definition) is 1. The van der Waals surface area contributed by atoms with Gasteiger partial charge in [-0.3, -0.25) is 0 Å². The van der Waals surface area contributed by atoms with E-state index in [1.165, 1.54) is 10.6 Å². The Morgan fingerprint density at radius 2 is 2.11 bits per heavy atom. The summed E-state index contributed by atoms with van der Waals surface area (Å²) in [5, 5.41) is 1.04. The van der Waals surface area contributed by atoms with Crippen LogP contribution in [0, 0.1) is 6.92 Å². The van der Waals surface area contributed by atoms with Gasteiger partial charge in [-0.15, -0.1) is 11.3 Å². The molecule has 0 radical (unpaired) electrons. The van der Waals surface area contributed by atoms with E-state index in [9.17, 15) is 0 Å². The van der Waals surface area contributed by atoms with E-state index in [4.69, 9.17) is 4.74 Å². The zero-order valence-corrected chi connectivity index (χ0v) is 13.1. The summed E-state index contributed by atoms with van der Waals surface area (Å²) >= 11 is 6.08. The second-order valence-electron chi connectivity index (χ2n) is 4.44. The Kier molecular flexibility index (Phi) is 5.28. The van der Waals surface area contributed by atoms with Gasteiger partial charge in [0, 0.05) is 10.6 Å². The third-order valence-electron chi connectivity index (χ3n) is 2.90. The molecule has 2 rings (SSSR count). The number of thiazole rings is 1. The first-order chi connectivity index (χ1) is 9.24. The Balaban J connectivity index is 2.05. The number of nitrogens with zero attached hydrogens (tertiary/aromatic N) is 1. The van der Waals surface area contributed by atoms with Crippen molar-refractivity contribution < 1.29 is 4.74 Å². The summed E-state index contributed by atoms with van der Waals surface area (Å²) in [6.07, 6.45) is 2.14. The van der Waals surface area contributed by atoms with E-state index >= 15 is 0 Å². The van der Waals surface area contributed by atoms with Crippen molar-refractivity contribution in [3.05, 3.63) is 45.4 Å². The lowest BCUT2D eigenvalue weighted by Crippen LogP contribution is -1.97. The summed E-state index contributed by atoms with van der Waals surface area (Å²) in [6, 6.07) is 8.06. The van der Waals surface area contributed by atoms with Gasteiger partial charge in [0.05, 0.1) is 5.69 Å². The molecular formula is C15H19NOS2. The van der Waals surface area contributed by atoms with Gasteiger partial charge in [-0.25, -0.2) is 4.98 Å². The third kappa shape index (κ3) is 3.74. The largest absolute Gasteiger partial charge is 0.486 e. The molecule has 0 unspecified atom stereocenters. The molecule has 0 atom stereocenters. The summed E-state index contributed by atoms with van der Waals surface area (Å²) in [6.45, 7) is 4.77. The highest BCUT2D eigenvalue weighted by Gasteiger charge is 2.10. The fourth-order valence-electron chi connectivity index (χ4n) is 1.91. The Morgan fingerprint density at radius 3 is 2.79 bits per heavy atom. The molecule has 0 bridgehead atoms. The lowest BCUT2D eigenvalue weighted by molar-refractivity contribution is 0.303. The molecule has 1 aromatic carbocycles. The summed E-state index contributed by atoms with van der Waals surface area (Å²) in [5.41, 5.74) is 2.34. The third-order valence-corrected chi connectivity index (χ3v) is 4.50. The SMILES string of the molecule is CCCc1nc(COc2ccccc2C)sc1CS. The lowest BCUT2D eigenvalue weighted by atomic mass is 10.2. The normalized spacial score (nSPS) is 10.7. The Morgan fingerprint density at radius 1 is 1.32 bits per heavy atom. The van der Waals surface area contributed by atoms with Gasteiger partial charge in [-0.2, -0.15) is 12.6 Å². The topological polar surface area (TPSA) is 22.1 Å². The summed E-state index contributed by atoms with van der Waals surface area (Å²) in [4.78, 5) is 5.93. The molecule has 0 saturated heterocycles. The van der Waals surface area contributed by atoms with Gasteiger partial charge in [0.15, 0.2) is 0 Å². The molecule has 0 N–H and O–H groups in total. The maximum atomic E-state index is 5.84. The van der Waals surface area contributed by atoms with Crippen LogP contribution in [0.1, 0.15) is 34.5 Å². The summed E-state index contributed by atoms with van der Waals surface area (Å²) in [7, 11) is 0. The molecule has 0 fully saturated rings. The number of rotatable bonds is 6. The fraction of sp³-hybridized carbons (Fsp3) is 0.400. The molecule has 0 saturated carbocycles. The van der Waals surface area contributed by atoms with Gasteiger partial charge >= 0.3 is 0 Å². The monoisotopic (exact) mass is 293 g/mol. The van der Waals surface area contributed by atoms with Gasteiger partial charge < -0.3 is 4.74 Å². The first-order valence-corrected chi connectivity index (χ1v) is 7.96. The quantitative estimate of drug-likeness (QED) is 0.797. The van der Waals surface area contributed by atoms with E-state index in [-0.39, 0.29) is 0 Å². The number of benzene rings is 1. The summed E-state index contributed by atoms with van der Waals surface area (Å²) in [5.74, 6) is 1.69. The predicted octanol–water partition coefficient (Wildman–Crippen LogP) is 4.41. The van der Waals surface area contributed by atoms with Crippen molar-refractivity contribution in [2.75, 3.05) is 0 Å². The molecule has 2 nitrogen and oxygen atoms in total. The number of aromatic nitrogens is 1. The molecule has 1 heterocycles. The Bertz CT molecular complexity index is 537. The maximum Gasteiger partial charge on any atom is 0.140 e. The average molecular weight is 293 g/mol. The standard InChI is InChI=1S/C15H19NOS2/c1-3-6-12-14(10-18)19-15(16-12)9-17-13-8-5-4-7-11(13)2/h4-5,7-8,18H,3,6,9-10H2,1-2H3. The van der Waals surface area contributed by atoms with Gasteiger partial charge in [0.25, 0.3) is 0 Å². The minimum Gasteiger partial charge on any atom is -0.486 e. The van der Waals surface area contributed by atoms with Crippen LogP contribution in [0.3, 0.4) is 0 Å². The highest BCUT2D eigenvalue weighted by atomic mass is 32.1. The highest BCUT2D eigenvalue weighted by molar-refractivity contribution is 7.79. The van der Waals surface area contributed by atoms with Crippen molar-refractivity contribution in [2.24, 2.45) is 0 Å². The van der Waals surface area contributed by atoms with Crippen LogP contribution in [-0.2, 0) is 18.8 Å². The predicted molar refractivity (Wildman–Crippen MR) is 84.3 cm³/mol. The summed E-state index contributed by atoms with van der Waals surface area (Å²) < 4.78 is 5.84.